The maximum Gasteiger partial charge on any atom is 0.250 e. The molecule has 1 aromatic heterocycles. The van der Waals surface area contributed by atoms with E-state index in [0.29, 0.717) is 5.92 Å². The molecule has 1 saturated heterocycles. The van der Waals surface area contributed by atoms with Crippen LogP contribution >= 0.6 is 0 Å². The molecule has 0 radical (unpaired) electrons. The number of nitrogens with one attached hydrogen (secondary N) is 1. The highest BCUT2D eigenvalue weighted by Crippen LogP contribution is 2.24. The molecule has 1 fully saturated rings. The van der Waals surface area contributed by atoms with Crippen LogP contribution in [-0.2, 0) is 0 Å². The first-order valence-electron chi connectivity index (χ1n) is 7.61. The van der Waals surface area contributed by atoms with Gasteiger partial charge in [0, 0.05) is 25.1 Å². The van der Waals surface area contributed by atoms with Gasteiger partial charge in [-0.25, -0.2) is 4.98 Å². The van der Waals surface area contributed by atoms with Crippen LogP contribution in [0.25, 0.3) is 0 Å². The second-order valence-electron chi connectivity index (χ2n) is 5.67. The molecule has 1 aromatic rings. The van der Waals surface area contributed by atoms with Gasteiger partial charge < -0.3 is 9.88 Å². The van der Waals surface area contributed by atoms with Crippen LogP contribution < -0.4 is 5.56 Å². The number of aromatic amines is 1. The van der Waals surface area contributed by atoms with Crippen molar-refractivity contribution in [2.75, 3.05) is 19.6 Å². The molecular formula is C16H25N3O. The first-order chi connectivity index (χ1) is 9.69. The maximum absolute atomic E-state index is 11.4. The smallest absolute Gasteiger partial charge is 0.250 e. The third kappa shape index (κ3) is 4.30. The van der Waals surface area contributed by atoms with E-state index in [2.05, 4.69) is 34.8 Å². The van der Waals surface area contributed by atoms with Crippen molar-refractivity contribution in [3.63, 3.8) is 0 Å². The van der Waals surface area contributed by atoms with E-state index in [-0.39, 0.29) is 5.56 Å². The molecule has 0 aromatic carbocycles. The molecule has 1 aliphatic heterocycles. The van der Waals surface area contributed by atoms with Crippen molar-refractivity contribution in [3.8, 4) is 0 Å². The quantitative estimate of drug-likeness (QED) is 0.841. The number of likely N-dealkylation sites (tertiary alicyclic amines) is 1. The minimum absolute atomic E-state index is 0.0476. The Balaban J connectivity index is 1.90. The predicted octanol–water partition coefficient (Wildman–Crippen LogP) is 2.70. The van der Waals surface area contributed by atoms with Gasteiger partial charge in [0.05, 0.1) is 12.0 Å². The lowest BCUT2D eigenvalue weighted by atomic mass is 9.94. The van der Waals surface area contributed by atoms with Crippen molar-refractivity contribution in [2.45, 2.75) is 45.4 Å². The van der Waals surface area contributed by atoms with E-state index in [4.69, 9.17) is 0 Å². The second kappa shape index (κ2) is 7.39. The number of piperidine rings is 1. The van der Waals surface area contributed by atoms with Gasteiger partial charge in [-0.1, -0.05) is 18.6 Å². The summed E-state index contributed by atoms with van der Waals surface area (Å²) in [6.07, 6.45) is 8.44. The fourth-order valence-corrected chi connectivity index (χ4v) is 2.74. The fraction of sp³-hybridized carbons (Fsp3) is 0.625. The van der Waals surface area contributed by atoms with Gasteiger partial charge in [0.1, 0.15) is 0 Å². The summed E-state index contributed by atoms with van der Waals surface area (Å²) in [5.41, 5.74) is 2.36. The third-order valence-electron chi connectivity index (χ3n) is 4.12. The summed E-state index contributed by atoms with van der Waals surface area (Å²) in [6.45, 7) is 7.69. The largest absolute Gasteiger partial charge is 0.313 e. The number of hydrogen-bond acceptors (Lipinski definition) is 3. The molecule has 0 amide bonds. The van der Waals surface area contributed by atoms with Gasteiger partial charge in [0.25, 0.3) is 5.56 Å². The van der Waals surface area contributed by atoms with Crippen molar-refractivity contribution in [1.82, 2.24) is 14.9 Å². The average molecular weight is 275 g/mol. The van der Waals surface area contributed by atoms with Crippen molar-refractivity contribution < 1.29 is 0 Å². The number of aromatic nitrogens is 2. The Labute approximate surface area is 120 Å². The maximum atomic E-state index is 11.4. The summed E-state index contributed by atoms with van der Waals surface area (Å²) >= 11 is 0. The minimum Gasteiger partial charge on any atom is -0.313 e. The molecule has 0 aliphatic carbocycles. The van der Waals surface area contributed by atoms with E-state index >= 15 is 0 Å². The molecule has 1 atom stereocenters. The average Bonchev–Trinajstić information content (AvgIpc) is 2.47. The van der Waals surface area contributed by atoms with Gasteiger partial charge in [-0.3, -0.25) is 4.79 Å². The number of hydrogen-bond donors (Lipinski definition) is 1. The molecule has 110 valence electrons. The molecule has 0 saturated carbocycles. The molecule has 2 rings (SSSR count). The number of rotatable bonds is 5. The monoisotopic (exact) mass is 275 g/mol. The van der Waals surface area contributed by atoms with Crippen LogP contribution in [0.4, 0.5) is 0 Å². The van der Waals surface area contributed by atoms with Crippen molar-refractivity contribution in [1.29, 1.82) is 0 Å². The standard InChI is InChI=1S/C16H25N3O/c1-3-13(2)6-4-8-19-9-5-7-14(11-19)15-10-16(20)18-12-17-15/h6,10,12,14H,3-5,7-9,11H2,1-2H3,(H,17,18,20)/b13-6+/t14-/m1/s1. The van der Waals surface area contributed by atoms with Gasteiger partial charge in [-0.05, 0) is 39.2 Å². The fourth-order valence-electron chi connectivity index (χ4n) is 2.74. The van der Waals surface area contributed by atoms with Crippen LogP contribution in [0.15, 0.2) is 28.8 Å². The lowest BCUT2D eigenvalue weighted by molar-refractivity contribution is 0.209. The van der Waals surface area contributed by atoms with E-state index in [1.165, 1.54) is 24.9 Å². The Morgan fingerprint density at radius 2 is 2.45 bits per heavy atom. The highest BCUT2D eigenvalue weighted by atomic mass is 16.1. The Hall–Kier alpha value is -1.42. The van der Waals surface area contributed by atoms with Crippen LogP contribution in [0.5, 0.6) is 0 Å². The number of nitrogens with zero attached hydrogens (tertiary/aromatic N) is 2. The summed E-state index contributed by atoms with van der Waals surface area (Å²) in [4.78, 5) is 20.8. The highest BCUT2D eigenvalue weighted by molar-refractivity contribution is 5.08. The molecule has 1 aliphatic rings. The number of H-pyrrole nitrogens is 1. The molecule has 0 spiro atoms. The minimum atomic E-state index is -0.0476. The summed E-state index contributed by atoms with van der Waals surface area (Å²) in [6, 6.07) is 1.65. The first-order valence-corrected chi connectivity index (χ1v) is 7.61. The van der Waals surface area contributed by atoms with E-state index in [1.807, 2.05) is 0 Å². The second-order valence-corrected chi connectivity index (χ2v) is 5.67. The normalized spacial score (nSPS) is 21.1. The topological polar surface area (TPSA) is 49.0 Å². The van der Waals surface area contributed by atoms with Gasteiger partial charge in [-0.2, -0.15) is 0 Å². The molecule has 0 bridgehead atoms. The summed E-state index contributed by atoms with van der Waals surface area (Å²) in [5.74, 6) is 0.405. The van der Waals surface area contributed by atoms with Crippen LogP contribution in [-0.4, -0.2) is 34.5 Å². The van der Waals surface area contributed by atoms with Gasteiger partial charge in [0.2, 0.25) is 0 Å². The van der Waals surface area contributed by atoms with Gasteiger partial charge in [-0.15, -0.1) is 0 Å². The molecule has 0 unspecified atom stereocenters. The van der Waals surface area contributed by atoms with Crippen molar-refractivity contribution in [3.05, 3.63) is 40.1 Å². The van der Waals surface area contributed by atoms with E-state index < -0.39 is 0 Å². The molecular weight excluding hydrogens is 250 g/mol. The third-order valence-corrected chi connectivity index (χ3v) is 4.12. The van der Waals surface area contributed by atoms with Crippen molar-refractivity contribution >= 4 is 0 Å². The molecule has 2 heterocycles. The van der Waals surface area contributed by atoms with Crippen LogP contribution in [0.3, 0.4) is 0 Å². The summed E-state index contributed by atoms with van der Waals surface area (Å²) in [7, 11) is 0. The van der Waals surface area contributed by atoms with E-state index in [0.717, 1.165) is 38.0 Å². The zero-order valence-corrected chi connectivity index (χ0v) is 12.6. The number of allylic oxidation sites excluding steroid dienone is 1. The first kappa shape index (κ1) is 15.0. The molecule has 4 heteroatoms. The van der Waals surface area contributed by atoms with Crippen molar-refractivity contribution in [2.24, 2.45) is 0 Å². The molecule has 1 N–H and O–H groups in total. The Bertz CT molecular complexity index is 506. The molecule has 4 nitrogen and oxygen atoms in total. The SMILES string of the molecule is CC/C(C)=C/CCN1CCC[C@@H](c2cc(=O)[nH]cn2)C1. The lowest BCUT2D eigenvalue weighted by Gasteiger charge is -2.32. The van der Waals surface area contributed by atoms with Crippen LogP contribution in [0, 0.1) is 0 Å². The highest BCUT2D eigenvalue weighted by Gasteiger charge is 2.21. The Kier molecular flexibility index (Phi) is 5.53. The summed E-state index contributed by atoms with van der Waals surface area (Å²) < 4.78 is 0. The Morgan fingerprint density at radius 1 is 1.60 bits per heavy atom. The van der Waals surface area contributed by atoms with Gasteiger partial charge in [0.15, 0.2) is 0 Å². The molecule has 20 heavy (non-hydrogen) atoms. The zero-order valence-electron chi connectivity index (χ0n) is 12.6. The van der Waals surface area contributed by atoms with E-state index in [9.17, 15) is 4.79 Å². The zero-order chi connectivity index (χ0) is 14.4. The van der Waals surface area contributed by atoms with Crippen LogP contribution in [0.2, 0.25) is 0 Å². The lowest BCUT2D eigenvalue weighted by Crippen LogP contribution is -2.35. The predicted molar refractivity (Wildman–Crippen MR) is 81.9 cm³/mol. The van der Waals surface area contributed by atoms with Gasteiger partial charge >= 0.3 is 0 Å². The summed E-state index contributed by atoms with van der Waals surface area (Å²) in [5, 5.41) is 0. The Morgan fingerprint density at radius 3 is 3.20 bits per heavy atom. The van der Waals surface area contributed by atoms with E-state index in [1.54, 1.807) is 6.07 Å². The van der Waals surface area contributed by atoms with Crippen LogP contribution in [0.1, 0.15) is 51.1 Å².